The Morgan fingerprint density at radius 3 is 2.88 bits per heavy atom. The number of aliphatic hydroxyl groups excluding tert-OH is 1. The number of rotatable bonds is 5. The highest BCUT2D eigenvalue weighted by Gasteiger charge is 2.13. The molecule has 0 aliphatic carbocycles. The fraction of sp³-hybridized carbons (Fsp3) is 0.600. The molecule has 0 saturated carbocycles. The van der Waals surface area contributed by atoms with Crippen molar-refractivity contribution in [2.45, 2.75) is 26.3 Å². The lowest BCUT2D eigenvalue weighted by Crippen LogP contribution is -2.28. The molecule has 5 nitrogen and oxygen atoms in total. The summed E-state index contributed by atoms with van der Waals surface area (Å²) in [5, 5.41) is 12.3. The first-order valence-corrected chi connectivity index (χ1v) is 6.23. The van der Waals surface area contributed by atoms with Crippen molar-refractivity contribution in [3.8, 4) is 0 Å². The quantitative estimate of drug-likeness (QED) is 0.706. The minimum Gasteiger partial charge on any atom is -0.394 e. The van der Waals surface area contributed by atoms with Gasteiger partial charge < -0.3 is 15.4 Å². The third-order valence-corrected chi connectivity index (χ3v) is 3.11. The van der Waals surface area contributed by atoms with E-state index in [-0.39, 0.29) is 18.2 Å². The summed E-state index contributed by atoms with van der Waals surface area (Å²) >= 11 is 1.94. The molecule has 0 fully saturated rings. The molecule has 0 amide bonds. The zero-order valence-corrected chi connectivity index (χ0v) is 11.5. The lowest BCUT2D eigenvalue weighted by molar-refractivity contribution is 0.259. The smallest absolute Gasteiger partial charge is 0.266 e. The van der Waals surface area contributed by atoms with Gasteiger partial charge >= 0.3 is 0 Å². The van der Waals surface area contributed by atoms with Crippen LogP contribution in [0.15, 0.2) is 11.1 Å². The molecule has 1 unspecified atom stereocenters. The highest BCUT2D eigenvalue weighted by Crippen LogP contribution is 2.13. The molecule has 1 aromatic rings. The van der Waals surface area contributed by atoms with Crippen LogP contribution in [0.3, 0.4) is 0 Å². The first kappa shape index (κ1) is 13.4. The molecule has 0 bridgehead atoms. The first-order valence-electron chi connectivity index (χ1n) is 5.15. The maximum absolute atomic E-state index is 11.3. The number of aromatic nitrogens is 2. The van der Waals surface area contributed by atoms with Crippen LogP contribution < -0.4 is 10.9 Å². The molecular weight excluding hydrogens is 321 g/mol. The third-order valence-electron chi connectivity index (χ3n) is 2.11. The number of nitrogens with zero attached hydrogens (tertiary/aromatic N) is 1. The van der Waals surface area contributed by atoms with Crippen LogP contribution in [0, 0.1) is 9.49 Å². The van der Waals surface area contributed by atoms with Crippen molar-refractivity contribution < 1.29 is 5.11 Å². The summed E-state index contributed by atoms with van der Waals surface area (Å²) in [6.07, 6.45) is 2.19. The molecule has 6 heteroatoms. The Bertz CT molecular complexity index is 392. The van der Waals surface area contributed by atoms with Gasteiger partial charge in [0, 0.05) is 0 Å². The van der Waals surface area contributed by atoms with Crippen LogP contribution in [-0.2, 0) is 0 Å². The Kier molecular flexibility index (Phi) is 5.20. The molecule has 1 heterocycles. The van der Waals surface area contributed by atoms with Gasteiger partial charge in [0.05, 0.1) is 19.0 Å². The molecular formula is C10H16IN3O2. The summed E-state index contributed by atoms with van der Waals surface area (Å²) in [6.45, 7) is 4.20. The second kappa shape index (κ2) is 6.19. The van der Waals surface area contributed by atoms with Gasteiger partial charge in [-0.25, -0.2) is 4.98 Å². The van der Waals surface area contributed by atoms with Gasteiger partial charge in [-0.1, -0.05) is 13.8 Å². The van der Waals surface area contributed by atoms with Gasteiger partial charge in [0.1, 0.15) is 9.39 Å². The zero-order chi connectivity index (χ0) is 12.1. The average Bonchev–Trinajstić information content (AvgIpc) is 2.23. The molecule has 0 saturated heterocycles. The number of aliphatic hydroxyl groups is 1. The van der Waals surface area contributed by atoms with Crippen LogP contribution >= 0.6 is 22.6 Å². The van der Waals surface area contributed by atoms with Crippen LogP contribution in [0.5, 0.6) is 0 Å². The van der Waals surface area contributed by atoms with Crippen molar-refractivity contribution in [2.24, 2.45) is 5.92 Å². The molecule has 1 atom stereocenters. The van der Waals surface area contributed by atoms with Crippen LogP contribution in [0.25, 0.3) is 0 Å². The predicted octanol–water partition coefficient (Wildman–Crippen LogP) is 1.19. The van der Waals surface area contributed by atoms with Crippen LogP contribution in [0.2, 0.25) is 0 Å². The number of halogens is 1. The average molecular weight is 337 g/mol. The Labute approximate surface area is 108 Å². The van der Waals surface area contributed by atoms with Crippen LogP contribution in [0.1, 0.15) is 20.3 Å². The lowest BCUT2D eigenvalue weighted by Gasteiger charge is -2.19. The normalized spacial score (nSPS) is 12.8. The maximum atomic E-state index is 11.3. The van der Waals surface area contributed by atoms with Gasteiger partial charge in [-0.15, -0.1) is 0 Å². The third kappa shape index (κ3) is 3.75. The molecule has 0 aromatic carbocycles. The number of anilines is 1. The van der Waals surface area contributed by atoms with Crippen molar-refractivity contribution in [1.29, 1.82) is 0 Å². The maximum Gasteiger partial charge on any atom is 0.266 e. The molecule has 0 aliphatic rings. The molecule has 3 N–H and O–H groups in total. The minimum atomic E-state index is -0.167. The van der Waals surface area contributed by atoms with E-state index in [1.54, 1.807) is 0 Å². The molecule has 0 radical (unpaired) electrons. The van der Waals surface area contributed by atoms with Crippen molar-refractivity contribution in [3.63, 3.8) is 0 Å². The fourth-order valence-corrected chi connectivity index (χ4v) is 1.88. The Morgan fingerprint density at radius 2 is 2.31 bits per heavy atom. The van der Waals surface area contributed by atoms with E-state index in [1.165, 1.54) is 6.33 Å². The number of H-pyrrole nitrogens is 1. The molecule has 1 aromatic heterocycles. The van der Waals surface area contributed by atoms with Gasteiger partial charge in [0.25, 0.3) is 5.56 Å². The minimum absolute atomic E-state index is 0.0305. The number of hydrogen-bond donors (Lipinski definition) is 3. The zero-order valence-electron chi connectivity index (χ0n) is 9.33. The summed E-state index contributed by atoms with van der Waals surface area (Å²) < 4.78 is 0.516. The monoisotopic (exact) mass is 337 g/mol. The van der Waals surface area contributed by atoms with E-state index in [0.717, 1.165) is 6.42 Å². The largest absolute Gasteiger partial charge is 0.394 e. The summed E-state index contributed by atoms with van der Waals surface area (Å²) in [5.41, 5.74) is -0.167. The van der Waals surface area contributed by atoms with Crippen LogP contribution in [-0.4, -0.2) is 27.7 Å². The Morgan fingerprint density at radius 1 is 1.62 bits per heavy atom. The molecule has 0 aliphatic heterocycles. The molecule has 90 valence electrons. The van der Waals surface area contributed by atoms with Crippen molar-refractivity contribution in [3.05, 3.63) is 20.3 Å². The highest BCUT2D eigenvalue weighted by atomic mass is 127. The Balaban J connectivity index is 2.78. The molecule has 16 heavy (non-hydrogen) atoms. The van der Waals surface area contributed by atoms with Gasteiger partial charge in [-0.3, -0.25) is 4.79 Å². The summed E-state index contributed by atoms with van der Waals surface area (Å²) in [7, 11) is 0. The fourth-order valence-electron chi connectivity index (χ4n) is 1.43. The van der Waals surface area contributed by atoms with Crippen molar-refractivity contribution >= 4 is 28.4 Å². The van der Waals surface area contributed by atoms with Gasteiger partial charge in [-0.2, -0.15) is 0 Å². The van der Waals surface area contributed by atoms with Gasteiger partial charge in [-0.05, 0) is 34.9 Å². The lowest BCUT2D eigenvalue weighted by atomic mass is 10.0. The second-order valence-electron chi connectivity index (χ2n) is 4.05. The first-order chi connectivity index (χ1) is 7.54. The number of nitrogens with one attached hydrogen (secondary N) is 2. The number of aromatic amines is 1. The molecule has 0 spiro atoms. The highest BCUT2D eigenvalue weighted by molar-refractivity contribution is 14.1. The number of hydrogen-bond acceptors (Lipinski definition) is 4. The summed E-state index contributed by atoms with van der Waals surface area (Å²) in [5.74, 6) is 1.01. The predicted molar refractivity (Wildman–Crippen MR) is 71.5 cm³/mol. The van der Waals surface area contributed by atoms with Crippen molar-refractivity contribution in [1.82, 2.24) is 9.97 Å². The van der Waals surface area contributed by atoms with E-state index < -0.39 is 0 Å². The SMILES string of the molecule is CC(C)CC(CO)Nc1nc[nH]c(=O)c1I. The van der Waals surface area contributed by atoms with E-state index >= 15 is 0 Å². The Hall–Kier alpha value is -0.630. The van der Waals surface area contributed by atoms with E-state index in [1.807, 2.05) is 22.6 Å². The van der Waals surface area contributed by atoms with Crippen LogP contribution in [0.4, 0.5) is 5.82 Å². The summed E-state index contributed by atoms with van der Waals surface area (Å²) in [6, 6.07) is -0.0668. The second-order valence-corrected chi connectivity index (χ2v) is 5.13. The standard InChI is InChI=1S/C10H16IN3O2/c1-6(2)3-7(4-15)14-9-8(11)10(16)13-5-12-9/h5-7,15H,3-4H2,1-2H3,(H2,12,13,14,16). The topological polar surface area (TPSA) is 78.0 Å². The van der Waals surface area contributed by atoms with Gasteiger partial charge in [0.2, 0.25) is 0 Å². The van der Waals surface area contributed by atoms with E-state index in [0.29, 0.717) is 15.3 Å². The van der Waals surface area contributed by atoms with E-state index in [2.05, 4.69) is 29.1 Å². The molecule has 1 rings (SSSR count). The van der Waals surface area contributed by atoms with Gasteiger partial charge in [0.15, 0.2) is 0 Å². The summed E-state index contributed by atoms with van der Waals surface area (Å²) in [4.78, 5) is 17.9. The van der Waals surface area contributed by atoms with E-state index in [4.69, 9.17) is 0 Å². The van der Waals surface area contributed by atoms with Crippen molar-refractivity contribution in [2.75, 3.05) is 11.9 Å². The van der Waals surface area contributed by atoms with E-state index in [9.17, 15) is 9.90 Å².